The summed E-state index contributed by atoms with van der Waals surface area (Å²) in [5, 5.41) is 16.2. The molecule has 0 bridgehead atoms. The lowest BCUT2D eigenvalue weighted by Gasteiger charge is -2.22. The highest BCUT2D eigenvalue weighted by Crippen LogP contribution is 2.14. The van der Waals surface area contributed by atoms with Crippen molar-refractivity contribution in [1.82, 2.24) is 10.3 Å². The van der Waals surface area contributed by atoms with Crippen LogP contribution in [-0.2, 0) is 6.42 Å². The molecule has 0 aliphatic rings. The van der Waals surface area contributed by atoms with Gasteiger partial charge < -0.3 is 10.4 Å². The van der Waals surface area contributed by atoms with Crippen molar-refractivity contribution in [2.45, 2.75) is 32.3 Å². The van der Waals surface area contributed by atoms with E-state index in [0.717, 1.165) is 18.0 Å². The molecule has 4 heteroatoms. The monoisotopic (exact) mass is 214 g/mol. The summed E-state index contributed by atoms with van der Waals surface area (Å²) in [6, 6.07) is 0. The number of nitrogens with zero attached hydrogens (tertiary/aromatic N) is 1. The van der Waals surface area contributed by atoms with Crippen molar-refractivity contribution in [3.63, 3.8) is 0 Å². The Bertz CT molecular complexity index is 247. The molecule has 2 N–H and O–H groups in total. The average molecular weight is 214 g/mol. The number of rotatable bonds is 6. The van der Waals surface area contributed by atoms with Gasteiger partial charge in [0.05, 0.1) is 10.6 Å². The summed E-state index contributed by atoms with van der Waals surface area (Å²) < 4.78 is 0. The molecule has 3 nitrogen and oxygen atoms in total. The average Bonchev–Trinajstić information content (AvgIpc) is 2.56. The summed E-state index contributed by atoms with van der Waals surface area (Å²) in [4.78, 5) is 4.16. The van der Waals surface area contributed by atoms with Crippen molar-refractivity contribution in [1.29, 1.82) is 0 Å². The first-order chi connectivity index (χ1) is 6.64. The van der Waals surface area contributed by atoms with Crippen LogP contribution in [-0.4, -0.2) is 28.8 Å². The first-order valence-corrected chi connectivity index (χ1v) is 5.83. The molecule has 1 heterocycles. The van der Waals surface area contributed by atoms with Gasteiger partial charge in [0.25, 0.3) is 0 Å². The molecule has 1 unspecified atom stereocenters. The predicted octanol–water partition coefficient (Wildman–Crippen LogP) is 1.44. The summed E-state index contributed by atoms with van der Waals surface area (Å²) in [5.74, 6) is 0. The lowest BCUT2D eigenvalue weighted by molar-refractivity contribution is 0.0603. The lowest BCUT2D eigenvalue weighted by Crippen LogP contribution is -2.39. The number of hydrogen-bond acceptors (Lipinski definition) is 4. The molecule has 0 amide bonds. The van der Waals surface area contributed by atoms with Crippen LogP contribution in [0.2, 0.25) is 0 Å². The van der Waals surface area contributed by atoms with Gasteiger partial charge in [0.2, 0.25) is 0 Å². The van der Waals surface area contributed by atoms with Crippen LogP contribution in [0.5, 0.6) is 0 Å². The van der Waals surface area contributed by atoms with Gasteiger partial charge in [0, 0.05) is 24.5 Å². The van der Waals surface area contributed by atoms with E-state index < -0.39 is 5.60 Å². The van der Waals surface area contributed by atoms with E-state index in [0.29, 0.717) is 13.0 Å². The van der Waals surface area contributed by atoms with Crippen molar-refractivity contribution >= 4 is 11.3 Å². The molecule has 80 valence electrons. The third-order valence-electron chi connectivity index (χ3n) is 1.95. The van der Waals surface area contributed by atoms with Gasteiger partial charge >= 0.3 is 0 Å². The molecule has 0 spiro atoms. The maximum atomic E-state index is 10.0. The fourth-order valence-electron chi connectivity index (χ4n) is 1.26. The van der Waals surface area contributed by atoms with Crippen molar-refractivity contribution in [3.05, 3.63) is 16.6 Å². The van der Waals surface area contributed by atoms with E-state index in [1.54, 1.807) is 17.5 Å². The van der Waals surface area contributed by atoms with Gasteiger partial charge in [-0.15, -0.1) is 11.3 Å². The summed E-state index contributed by atoms with van der Waals surface area (Å²) >= 11 is 1.59. The van der Waals surface area contributed by atoms with Gasteiger partial charge in [0.1, 0.15) is 0 Å². The Kier molecular flexibility index (Phi) is 4.51. The molecular weight excluding hydrogens is 196 g/mol. The molecule has 1 rings (SSSR count). The molecule has 0 saturated heterocycles. The molecule has 1 aromatic heterocycles. The van der Waals surface area contributed by atoms with E-state index in [9.17, 15) is 5.11 Å². The quantitative estimate of drug-likeness (QED) is 0.704. The van der Waals surface area contributed by atoms with Crippen molar-refractivity contribution in [2.75, 3.05) is 13.1 Å². The second-order valence-corrected chi connectivity index (χ2v) is 4.76. The van der Waals surface area contributed by atoms with Gasteiger partial charge in [-0.05, 0) is 19.9 Å². The highest BCUT2D eigenvalue weighted by atomic mass is 32.1. The topological polar surface area (TPSA) is 45.1 Å². The fourth-order valence-corrected chi connectivity index (χ4v) is 2.06. The molecule has 14 heavy (non-hydrogen) atoms. The molecule has 0 aromatic carbocycles. The minimum atomic E-state index is -0.687. The zero-order chi connectivity index (χ0) is 10.4. The van der Waals surface area contributed by atoms with Crippen LogP contribution >= 0.6 is 11.3 Å². The predicted molar refractivity (Wildman–Crippen MR) is 59.6 cm³/mol. The van der Waals surface area contributed by atoms with Crippen LogP contribution in [0, 0.1) is 0 Å². The first kappa shape index (κ1) is 11.6. The van der Waals surface area contributed by atoms with E-state index >= 15 is 0 Å². The van der Waals surface area contributed by atoms with Gasteiger partial charge in [-0.25, -0.2) is 4.98 Å². The third kappa shape index (κ3) is 4.17. The number of nitrogens with one attached hydrogen (secondary N) is 1. The second-order valence-electron chi connectivity index (χ2n) is 3.78. The van der Waals surface area contributed by atoms with Crippen LogP contribution in [0.4, 0.5) is 0 Å². The van der Waals surface area contributed by atoms with Crippen LogP contribution in [0.15, 0.2) is 11.6 Å². The second kappa shape index (κ2) is 5.44. The SMILES string of the molecule is CCCNCC(C)(O)Cc1nccs1. The normalized spacial score (nSPS) is 15.4. The number of thiazole rings is 1. The van der Waals surface area contributed by atoms with E-state index in [1.165, 1.54) is 0 Å². The zero-order valence-corrected chi connectivity index (χ0v) is 9.60. The van der Waals surface area contributed by atoms with Crippen LogP contribution < -0.4 is 5.32 Å². The lowest BCUT2D eigenvalue weighted by atomic mass is 10.0. The molecule has 0 saturated carbocycles. The Balaban J connectivity index is 2.33. The Hall–Kier alpha value is -0.450. The molecular formula is C10H18N2OS. The van der Waals surface area contributed by atoms with Gasteiger partial charge in [-0.3, -0.25) is 0 Å². The smallest absolute Gasteiger partial charge is 0.0953 e. The van der Waals surface area contributed by atoms with E-state index in [1.807, 2.05) is 12.3 Å². The van der Waals surface area contributed by atoms with Gasteiger partial charge in [-0.2, -0.15) is 0 Å². The third-order valence-corrected chi connectivity index (χ3v) is 2.73. The van der Waals surface area contributed by atoms with Crippen molar-refractivity contribution < 1.29 is 5.11 Å². The minimum absolute atomic E-state index is 0.625. The maximum absolute atomic E-state index is 10.0. The number of aliphatic hydroxyl groups is 1. The van der Waals surface area contributed by atoms with Crippen molar-refractivity contribution in [2.24, 2.45) is 0 Å². The van der Waals surface area contributed by atoms with E-state index in [-0.39, 0.29) is 0 Å². The zero-order valence-electron chi connectivity index (χ0n) is 8.79. The van der Waals surface area contributed by atoms with E-state index in [4.69, 9.17) is 0 Å². The Morgan fingerprint density at radius 1 is 1.64 bits per heavy atom. The largest absolute Gasteiger partial charge is 0.388 e. The Morgan fingerprint density at radius 3 is 3.00 bits per heavy atom. The van der Waals surface area contributed by atoms with Gasteiger partial charge in [-0.1, -0.05) is 6.92 Å². The summed E-state index contributed by atoms with van der Waals surface area (Å²) in [6.45, 7) is 5.54. The molecule has 0 aliphatic carbocycles. The van der Waals surface area contributed by atoms with Crippen LogP contribution in [0.25, 0.3) is 0 Å². The Morgan fingerprint density at radius 2 is 2.43 bits per heavy atom. The molecule has 0 radical (unpaired) electrons. The van der Waals surface area contributed by atoms with Crippen LogP contribution in [0.1, 0.15) is 25.3 Å². The summed E-state index contributed by atoms with van der Waals surface area (Å²) in [6.07, 6.45) is 3.49. The summed E-state index contributed by atoms with van der Waals surface area (Å²) in [7, 11) is 0. The first-order valence-electron chi connectivity index (χ1n) is 4.95. The maximum Gasteiger partial charge on any atom is 0.0953 e. The molecule has 0 aliphatic heterocycles. The van der Waals surface area contributed by atoms with Gasteiger partial charge in [0.15, 0.2) is 0 Å². The standard InChI is InChI=1S/C10H18N2OS/c1-3-4-11-8-10(2,13)7-9-12-5-6-14-9/h5-6,11,13H,3-4,7-8H2,1-2H3. The molecule has 1 atom stereocenters. The number of aromatic nitrogens is 1. The fraction of sp³-hybridized carbons (Fsp3) is 0.700. The van der Waals surface area contributed by atoms with Crippen LogP contribution in [0.3, 0.4) is 0 Å². The van der Waals surface area contributed by atoms with E-state index in [2.05, 4.69) is 17.2 Å². The summed E-state index contributed by atoms with van der Waals surface area (Å²) in [5.41, 5.74) is -0.687. The molecule has 0 fully saturated rings. The molecule has 1 aromatic rings. The number of hydrogen-bond donors (Lipinski definition) is 2. The minimum Gasteiger partial charge on any atom is -0.388 e. The van der Waals surface area contributed by atoms with Crippen molar-refractivity contribution in [3.8, 4) is 0 Å². The highest BCUT2D eigenvalue weighted by molar-refractivity contribution is 7.09. The Labute approximate surface area is 89.2 Å². The highest BCUT2D eigenvalue weighted by Gasteiger charge is 2.21.